The predicted octanol–water partition coefficient (Wildman–Crippen LogP) is -2.07. The van der Waals surface area contributed by atoms with Crippen LogP contribution in [0.2, 0.25) is 0 Å². The normalized spacial score (nSPS) is 22.4. The fourth-order valence-corrected chi connectivity index (χ4v) is 1.40. The molecule has 0 aromatic carbocycles. The molecule has 1 fully saturated rings. The van der Waals surface area contributed by atoms with E-state index in [1.54, 1.807) is 0 Å². The highest BCUT2D eigenvalue weighted by Crippen LogP contribution is 2.01. The number of aliphatic carboxylic acids is 1. The van der Waals surface area contributed by atoms with Gasteiger partial charge in [-0.05, 0) is 0 Å². The lowest BCUT2D eigenvalue weighted by molar-refractivity contribution is -0.143. The van der Waals surface area contributed by atoms with E-state index in [4.69, 9.17) is 14.9 Å². The van der Waals surface area contributed by atoms with Gasteiger partial charge in [0.05, 0.1) is 25.7 Å². The van der Waals surface area contributed by atoms with Gasteiger partial charge in [0.2, 0.25) is 5.91 Å². The van der Waals surface area contributed by atoms with E-state index in [0.29, 0.717) is 13.2 Å². The number of ether oxygens (including phenoxy) is 1. The smallest absolute Gasteiger partial charge is 0.328 e. The maximum absolute atomic E-state index is 11.4. The number of carboxylic acids is 1. The third-order valence-corrected chi connectivity index (χ3v) is 2.23. The maximum Gasteiger partial charge on any atom is 0.328 e. The molecule has 1 unspecified atom stereocenters. The van der Waals surface area contributed by atoms with Crippen LogP contribution in [0.4, 0.5) is 0 Å². The van der Waals surface area contributed by atoms with Crippen molar-refractivity contribution in [2.24, 2.45) is 0 Å². The Morgan fingerprint density at radius 1 is 1.56 bits per heavy atom. The summed E-state index contributed by atoms with van der Waals surface area (Å²) in [5.41, 5.74) is 0. The highest BCUT2D eigenvalue weighted by molar-refractivity contribution is 5.83. The Morgan fingerprint density at radius 3 is 2.81 bits per heavy atom. The topological polar surface area (TPSA) is 108 Å². The average Bonchev–Trinajstić information content (AvgIpc) is 2.27. The number of morpholine rings is 1. The molecule has 7 heteroatoms. The fraction of sp³-hybridized carbons (Fsp3) is 0.778. The number of hydrogen-bond donors (Lipinski definition) is 4. The molecule has 92 valence electrons. The van der Waals surface area contributed by atoms with Crippen LogP contribution in [0.25, 0.3) is 0 Å². The number of amides is 1. The molecule has 1 rings (SSSR count). The minimum absolute atomic E-state index is 0.0940. The second-order valence-electron chi connectivity index (χ2n) is 3.54. The molecule has 1 heterocycles. The number of aliphatic hydroxyl groups is 1. The summed E-state index contributed by atoms with van der Waals surface area (Å²) in [6.45, 7) is 1.25. The zero-order chi connectivity index (χ0) is 12.0. The van der Waals surface area contributed by atoms with Crippen molar-refractivity contribution in [2.45, 2.75) is 18.6 Å². The van der Waals surface area contributed by atoms with Crippen LogP contribution in [0.15, 0.2) is 0 Å². The van der Waals surface area contributed by atoms with Gasteiger partial charge >= 0.3 is 5.97 Å². The number of rotatable bonds is 5. The molecule has 1 aliphatic heterocycles. The number of aliphatic hydroxyl groups excluding tert-OH is 1. The first-order valence-corrected chi connectivity index (χ1v) is 5.09. The predicted molar refractivity (Wildman–Crippen MR) is 53.9 cm³/mol. The maximum atomic E-state index is 11.4. The molecule has 4 N–H and O–H groups in total. The molecule has 0 saturated carbocycles. The van der Waals surface area contributed by atoms with Crippen molar-refractivity contribution in [3.05, 3.63) is 0 Å². The van der Waals surface area contributed by atoms with E-state index >= 15 is 0 Å². The van der Waals surface area contributed by atoms with Crippen molar-refractivity contribution < 1.29 is 24.5 Å². The molecule has 0 spiro atoms. The van der Waals surface area contributed by atoms with Gasteiger partial charge in [0.15, 0.2) is 0 Å². The van der Waals surface area contributed by atoms with Gasteiger partial charge in [-0.15, -0.1) is 0 Å². The lowest BCUT2D eigenvalue weighted by Crippen LogP contribution is -2.46. The summed E-state index contributed by atoms with van der Waals surface area (Å²) in [7, 11) is 0. The summed E-state index contributed by atoms with van der Waals surface area (Å²) in [4.78, 5) is 21.9. The molecular weight excluding hydrogens is 216 g/mol. The molecular formula is C9H16N2O5. The van der Waals surface area contributed by atoms with Crippen molar-refractivity contribution in [1.29, 1.82) is 0 Å². The SMILES string of the molecule is O=C(CC1CNCCO1)N[C@@H](CO)C(=O)O. The summed E-state index contributed by atoms with van der Waals surface area (Å²) >= 11 is 0. The number of carbonyl (C=O) groups is 2. The van der Waals surface area contributed by atoms with Gasteiger partial charge in [-0.2, -0.15) is 0 Å². The van der Waals surface area contributed by atoms with Crippen LogP contribution < -0.4 is 10.6 Å². The van der Waals surface area contributed by atoms with E-state index < -0.39 is 24.5 Å². The lowest BCUT2D eigenvalue weighted by atomic mass is 10.2. The van der Waals surface area contributed by atoms with Gasteiger partial charge in [0.1, 0.15) is 6.04 Å². The molecule has 7 nitrogen and oxygen atoms in total. The Bertz CT molecular complexity index is 252. The molecule has 0 aromatic heterocycles. The zero-order valence-electron chi connectivity index (χ0n) is 8.81. The van der Waals surface area contributed by atoms with Gasteiger partial charge in [0.25, 0.3) is 0 Å². The summed E-state index contributed by atoms with van der Waals surface area (Å²) in [6.07, 6.45) is -0.140. The van der Waals surface area contributed by atoms with Crippen molar-refractivity contribution in [1.82, 2.24) is 10.6 Å². The largest absolute Gasteiger partial charge is 0.480 e. The number of nitrogens with one attached hydrogen (secondary N) is 2. The van der Waals surface area contributed by atoms with Gasteiger partial charge in [0, 0.05) is 13.1 Å². The zero-order valence-corrected chi connectivity index (χ0v) is 8.81. The van der Waals surface area contributed by atoms with E-state index in [0.717, 1.165) is 6.54 Å². The highest BCUT2D eigenvalue weighted by atomic mass is 16.5. The molecule has 1 saturated heterocycles. The molecule has 1 amide bonds. The Hall–Kier alpha value is -1.18. The number of carbonyl (C=O) groups excluding carboxylic acids is 1. The first-order chi connectivity index (χ1) is 7.63. The molecule has 2 atom stereocenters. The first-order valence-electron chi connectivity index (χ1n) is 5.09. The molecule has 0 bridgehead atoms. The molecule has 0 aliphatic carbocycles. The van der Waals surface area contributed by atoms with Crippen LogP contribution in [0.1, 0.15) is 6.42 Å². The minimum atomic E-state index is -1.25. The monoisotopic (exact) mass is 232 g/mol. The molecule has 1 aliphatic rings. The van der Waals surface area contributed by atoms with Crippen LogP contribution in [0.3, 0.4) is 0 Å². The van der Waals surface area contributed by atoms with Crippen LogP contribution in [0, 0.1) is 0 Å². The van der Waals surface area contributed by atoms with E-state index in [2.05, 4.69) is 10.6 Å². The van der Waals surface area contributed by atoms with Crippen molar-refractivity contribution in [3.8, 4) is 0 Å². The Morgan fingerprint density at radius 2 is 2.31 bits per heavy atom. The Kier molecular flexibility index (Phi) is 5.17. The van der Waals surface area contributed by atoms with Gasteiger partial charge in [-0.3, -0.25) is 4.79 Å². The van der Waals surface area contributed by atoms with E-state index in [-0.39, 0.29) is 12.5 Å². The van der Waals surface area contributed by atoms with E-state index in [1.165, 1.54) is 0 Å². The van der Waals surface area contributed by atoms with E-state index in [9.17, 15) is 9.59 Å². The third kappa shape index (κ3) is 4.13. The van der Waals surface area contributed by atoms with Crippen molar-refractivity contribution >= 4 is 11.9 Å². The Balaban J connectivity index is 2.31. The molecule has 0 aromatic rings. The van der Waals surface area contributed by atoms with Crippen molar-refractivity contribution in [3.63, 3.8) is 0 Å². The second kappa shape index (κ2) is 6.41. The third-order valence-electron chi connectivity index (χ3n) is 2.23. The van der Waals surface area contributed by atoms with Crippen LogP contribution >= 0.6 is 0 Å². The fourth-order valence-electron chi connectivity index (χ4n) is 1.40. The van der Waals surface area contributed by atoms with Gasteiger partial charge in [-0.1, -0.05) is 0 Å². The van der Waals surface area contributed by atoms with Gasteiger partial charge < -0.3 is 25.6 Å². The van der Waals surface area contributed by atoms with Gasteiger partial charge in [-0.25, -0.2) is 4.79 Å². The summed E-state index contributed by atoms with van der Waals surface area (Å²) in [6, 6.07) is -1.25. The quantitative estimate of drug-likeness (QED) is 0.433. The standard InChI is InChI=1S/C9H16N2O5/c12-5-7(9(14)15)11-8(13)3-6-4-10-1-2-16-6/h6-7,10,12H,1-5H2,(H,11,13)(H,14,15)/t6?,7-/m0/s1. The van der Waals surface area contributed by atoms with Crippen LogP contribution in [-0.4, -0.2) is 60.5 Å². The molecule has 16 heavy (non-hydrogen) atoms. The van der Waals surface area contributed by atoms with Crippen molar-refractivity contribution in [2.75, 3.05) is 26.3 Å². The number of hydrogen-bond acceptors (Lipinski definition) is 5. The van der Waals surface area contributed by atoms with E-state index in [1.807, 2.05) is 0 Å². The second-order valence-corrected chi connectivity index (χ2v) is 3.54. The molecule has 0 radical (unpaired) electrons. The van der Waals surface area contributed by atoms with Crippen LogP contribution in [0.5, 0.6) is 0 Å². The highest BCUT2D eigenvalue weighted by Gasteiger charge is 2.22. The first kappa shape index (κ1) is 12.9. The summed E-state index contributed by atoms with van der Waals surface area (Å²) in [5, 5.41) is 22.6. The number of carboxylic acid groups (broad SMARTS) is 1. The lowest BCUT2D eigenvalue weighted by Gasteiger charge is -2.23. The average molecular weight is 232 g/mol. The summed E-state index contributed by atoms with van der Waals surface area (Å²) < 4.78 is 5.29. The summed E-state index contributed by atoms with van der Waals surface area (Å²) in [5.74, 6) is -1.69. The minimum Gasteiger partial charge on any atom is -0.480 e. The van der Waals surface area contributed by atoms with Crippen LogP contribution in [-0.2, 0) is 14.3 Å². The Labute approximate surface area is 92.8 Å².